The van der Waals surface area contributed by atoms with Gasteiger partial charge >= 0.3 is 0 Å². The number of fused-ring (bicyclic) bond motifs is 1. The van der Waals surface area contributed by atoms with Crippen molar-refractivity contribution in [3.63, 3.8) is 0 Å². The van der Waals surface area contributed by atoms with Crippen LogP contribution in [0, 0.1) is 5.92 Å². The number of hydrogen-bond acceptors (Lipinski definition) is 2. The first kappa shape index (κ1) is 14.5. The minimum Gasteiger partial charge on any atom is -0.339 e. The summed E-state index contributed by atoms with van der Waals surface area (Å²) in [5.41, 5.74) is 2.44. The molecule has 1 saturated heterocycles. The number of nitrogens with zero attached hydrogens (tertiary/aromatic N) is 2. The molecule has 4 heteroatoms. The molecule has 3 aliphatic rings. The highest BCUT2D eigenvalue weighted by atomic mass is 16.2. The van der Waals surface area contributed by atoms with E-state index in [1.165, 1.54) is 25.7 Å². The van der Waals surface area contributed by atoms with E-state index in [1.54, 1.807) is 11.0 Å². The number of carbonyl (C=O) groups is 2. The quantitative estimate of drug-likeness (QED) is 0.806. The molecule has 4 rings (SSSR count). The molecule has 2 aliphatic heterocycles. The average Bonchev–Trinajstić information content (AvgIpc) is 3.09. The zero-order chi connectivity index (χ0) is 15.8. The lowest BCUT2D eigenvalue weighted by molar-refractivity contribution is -0.129. The van der Waals surface area contributed by atoms with Crippen LogP contribution >= 0.6 is 0 Å². The average molecular weight is 310 g/mol. The molecule has 1 saturated carbocycles. The SMILES string of the molecule is O=C(C=C1C(=O)N(CC2CCCC2)c2ccccc21)N1CCC1. The van der Waals surface area contributed by atoms with E-state index in [9.17, 15) is 9.59 Å². The second kappa shape index (κ2) is 5.84. The molecule has 2 fully saturated rings. The smallest absolute Gasteiger partial charge is 0.259 e. The zero-order valence-corrected chi connectivity index (χ0v) is 13.3. The van der Waals surface area contributed by atoms with Gasteiger partial charge in [0.05, 0.1) is 11.3 Å². The Balaban J connectivity index is 1.63. The van der Waals surface area contributed by atoms with Crippen LogP contribution in [0.25, 0.3) is 5.57 Å². The van der Waals surface area contributed by atoms with Gasteiger partial charge in [-0.2, -0.15) is 0 Å². The predicted octanol–water partition coefficient (Wildman–Crippen LogP) is 2.84. The van der Waals surface area contributed by atoms with Crippen LogP contribution in [0.4, 0.5) is 5.69 Å². The normalized spacial score (nSPS) is 22.6. The van der Waals surface area contributed by atoms with Gasteiger partial charge in [-0.15, -0.1) is 0 Å². The number of anilines is 1. The van der Waals surface area contributed by atoms with Gasteiger partial charge in [0.15, 0.2) is 0 Å². The Kier molecular flexibility index (Phi) is 3.68. The van der Waals surface area contributed by atoms with Gasteiger partial charge < -0.3 is 9.80 Å². The molecule has 0 radical (unpaired) electrons. The summed E-state index contributed by atoms with van der Waals surface area (Å²) in [6, 6.07) is 7.86. The molecule has 0 aromatic heterocycles. The van der Waals surface area contributed by atoms with Gasteiger partial charge in [0.25, 0.3) is 5.91 Å². The second-order valence-electron chi connectivity index (χ2n) is 6.82. The van der Waals surface area contributed by atoms with Gasteiger partial charge in [-0.05, 0) is 31.2 Å². The van der Waals surface area contributed by atoms with Crippen molar-refractivity contribution < 1.29 is 9.59 Å². The monoisotopic (exact) mass is 310 g/mol. The third-order valence-corrected chi connectivity index (χ3v) is 5.31. The fourth-order valence-corrected chi connectivity index (χ4v) is 3.83. The Morgan fingerprint density at radius 1 is 1.13 bits per heavy atom. The minimum absolute atomic E-state index is 0.00743. The molecule has 120 valence electrons. The molecule has 1 aromatic carbocycles. The largest absolute Gasteiger partial charge is 0.339 e. The van der Waals surface area contributed by atoms with E-state index in [-0.39, 0.29) is 11.8 Å². The minimum atomic E-state index is -0.0304. The summed E-state index contributed by atoms with van der Waals surface area (Å²) in [7, 11) is 0. The van der Waals surface area contributed by atoms with Crippen LogP contribution in [0.1, 0.15) is 37.7 Å². The summed E-state index contributed by atoms with van der Waals surface area (Å²) in [6.45, 7) is 2.40. The lowest BCUT2D eigenvalue weighted by atomic mass is 10.1. The van der Waals surface area contributed by atoms with Crippen molar-refractivity contribution in [2.45, 2.75) is 32.1 Å². The number of benzene rings is 1. The van der Waals surface area contributed by atoms with Crippen LogP contribution < -0.4 is 4.90 Å². The molecule has 2 amide bonds. The first-order valence-electron chi connectivity index (χ1n) is 8.66. The fraction of sp³-hybridized carbons (Fsp3) is 0.474. The summed E-state index contributed by atoms with van der Waals surface area (Å²) >= 11 is 0. The van der Waals surface area contributed by atoms with Gasteiger partial charge in [0.1, 0.15) is 0 Å². The van der Waals surface area contributed by atoms with Crippen LogP contribution in [0.15, 0.2) is 30.3 Å². The molecule has 4 nitrogen and oxygen atoms in total. The van der Waals surface area contributed by atoms with Crippen molar-refractivity contribution in [1.29, 1.82) is 0 Å². The Morgan fingerprint density at radius 2 is 1.87 bits per heavy atom. The van der Waals surface area contributed by atoms with Gasteiger partial charge in [-0.1, -0.05) is 31.0 Å². The molecule has 2 heterocycles. The van der Waals surface area contributed by atoms with E-state index in [2.05, 4.69) is 0 Å². The third-order valence-electron chi connectivity index (χ3n) is 5.31. The summed E-state index contributed by atoms with van der Waals surface area (Å²) in [5.74, 6) is 0.557. The Bertz CT molecular complexity index is 670. The van der Waals surface area contributed by atoms with Gasteiger partial charge in [-0.3, -0.25) is 9.59 Å². The topological polar surface area (TPSA) is 40.6 Å². The number of rotatable bonds is 3. The molecule has 23 heavy (non-hydrogen) atoms. The van der Waals surface area contributed by atoms with E-state index in [0.29, 0.717) is 11.5 Å². The van der Waals surface area contributed by atoms with Crippen LogP contribution in [0.3, 0.4) is 0 Å². The summed E-state index contributed by atoms with van der Waals surface area (Å²) in [6.07, 6.45) is 7.56. The molecule has 1 aromatic rings. The van der Waals surface area contributed by atoms with E-state index < -0.39 is 0 Å². The van der Waals surface area contributed by atoms with Gasteiger partial charge in [0.2, 0.25) is 5.91 Å². The highest BCUT2D eigenvalue weighted by Crippen LogP contribution is 2.38. The standard InChI is InChI=1S/C19H22N2O2/c22-18(20-10-5-11-20)12-16-15-8-3-4-9-17(15)21(19(16)23)13-14-6-1-2-7-14/h3-4,8-9,12,14H,1-2,5-7,10-11,13H2. The maximum atomic E-state index is 12.9. The Labute approximate surface area is 136 Å². The lowest BCUT2D eigenvalue weighted by Gasteiger charge is -2.29. The molecule has 0 bridgehead atoms. The van der Waals surface area contributed by atoms with Crippen molar-refractivity contribution in [3.8, 4) is 0 Å². The van der Waals surface area contributed by atoms with E-state index in [0.717, 1.165) is 37.3 Å². The van der Waals surface area contributed by atoms with Crippen molar-refractivity contribution in [2.75, 3.05) is 24.5 Å². The zero-order valence-electron chi connectivity index (χ0n) is 13.3. The number of likely N-dealkylation sites (tertiary alicyclic amines) is 1. The summed E-state index contributed by atoms with van der Waals surface area (Å²) in [4.78, 5) is 28.9. The van der Waals surface area contributed by atoms with Crippen LogP contribution in [-0.4, -0.2) is 36.3 Å². The van der Waals surface area contributed by atoms with Crippen molar-refractivity contribution in [3.05, 3.63) is 35.9 Å². The maximum Gasteiger partial charge on any atom is 0.259 e. The second-order valence-corrected chi connectivity index (χ2v) is 6.82. The van der Waals surface area contributed by atoms with Crippen LogP contribution in [0.5, 0.6) is 0 Å². The van der Waals surface area contributed by atoms with Crippen LogP contribution in [0.2, 0.25) is 0 Å². The number of hydrogen-bond donors (Lipinski definition) is 0. The van der Waals surface area contributed by atoms with E-state index in [4.69, 9.17) is 0 Å². The Morgan fingerprint density at radius 3 is 2.57 bits per heavy atom. The summed E-state index contributed by atoms with van der Waals surface area (Å²) < 4.78 is 0. The molecule has 0 unspecified atom stereocenters. The van der Waals surface area contributed by atoms with E-state index >= 15 is 0 Å². The predicted molar refractivity (Wildman–Crippen MR) is 89.9 cm³/mol. The fourth-order valence-electron chi connectivity index (χ4n) is 3.83. The highest BCUT2D eigenvalue weighted by molar-refractivity contribution is 6.34. The van der Waals surface area contributed by atoms with Crippen molar-refractivity contribution in [2.24, 2.45) is 5.92 Å². The van der Waals surface area contributed by atoms with Gasteiger partial charge in [-0.25, -0.2) is 0 Å². The van der Waals surface area contributed by atoms with Crippen LogP contribution in [-0.2, 0) is 9.59 Å². The number of carbonyl (C=O) groups excluding carboxylic acids is 2. The first-order chi connectivity index (χ1) is 11.2. The van der Waals surface area contributed by atoms with Gasteiger partial charge in [0, 0.05) is 31.3 Å². The molecule has 1 aliphatic carbocycles. The van der Waals surface area contributed by atoms with E-state index in [1.807, 2.05) is 29.2 Å². The molecule has 0 N–H and O–H groups in total. The molecule has 0 atom stereocenters. The first-order valence-corrected chi connectivity index (χ1v) is 8.66. The lowest BCUT2D eigenvalue weighted by Crippen LogP contribution is -2.41. The molecular formula is C19H22N2O2. The van der Waals surface area contributed by atoms with Crippen molar-refractivity contribution >= 4 is 23.1 Å². The third kappa shape index (κ3) is 2.56. The summed E-state index contributed by atoms with van der Waals surface area (Å²) in [5, 5.41) is 0. The Hall–Kier alpha value is -2.10. The number of para-hydroxylation sites is 1. The molecular weight excluding hydrogens is 288 g/mol. The maximum absolute atomic E-state index is 12.9. The highest BCUT2D eigenvalue weighted by Gasteiger charge is 2.35. The number of amides is 2. The molecule has 0 spiro atoms. The van der Waals surface area contributed by atoms with Crippen molar-refractivity contribution in [1.82, 2.24) is 4.90 Å².